The van der Waals surface area contributed by atoms with Gasteiger partial charge in [0, 0.05) is 40.8 Å². The van der Waals surface area contributed by atoms with Crippen LogP contribution >= 0.6 is 39.1 Å². The first-order chi connectivity index (χ1) is 16.5. The number of nitrogens with one attached hydrogen (secondary N) is 2. The van der Waals surface area contributed by atoms with Crippen LogP contribution in [-0.4, -0.2) is 33.6 Å². The van der Waals surface area contributed by atoms with Crippen molar-refractivity contribution >= 4 is 62.6 Å². The second-order valence-corrected chi connectivity index (χ2v) is 9.25. The van der Waals surface area contributed by atoms with Crippen molar-refractivity contribution < 1.29 is 4.79 Å². The highest BCUT2D eigenvalue weighted by molar-refractivity contribution is 9.10. The molecular weight excluding hydrogens is 537 g/mol. The maximum Gasteiger partial charge on any atom is 0.243 e. The number of rotatable bonds is 9. The summed E-state index contributed by atoms with van der Waals surface area (Å²) in [7, 11) is 0. The van der Waals surface area contributed by atoms with Gasteiger partial charge in [-0.2, -0.15) is 9.61 Å². The minimum atomic E-state index is -0.130. The Labute approximate surface area is 216 Å². The lowest BCUT2D eigenvalue weighted by Crippen LogP contribution is -2.22. The van der Waals surface area contributed by atoms with Gasteiger partial charge in [0.2, 0.25) is 5.91 Å². The van der Waals surface area contributed by atoms with E-state index in [9.17, 15) is 4.79 Å². The van der Waals surface area contributed by atoms with E-state index in [1.54, 1.807) is 22.9 Å². The highest BCUT2D eigenvalue weighted by Gasteiger charge is 2.13. The van der Waals surface area contributed by atoms with Gasteiger partial charge in [0.25, 0.3) is 0 Å². The molecule has 2 aromatic heterocycles. The molecule has 2 heterocycles. The lowest BCUT2D eigenvalue weighted by atomic mass is 10.1. The first kappa shape index (κ1) is 24.3. The lowest BCUT2D eigenvalue weighted by Gasteiger charge is -2.11. The van der Waals surface area contributed by atoms with E-state index >= 15 is 0 Å². The van der Waals surface area contributed by atoms with Crippen LogP contribution in [-0.2, 0) is 4.79 Å². The molecule has 4 rings (SSSR count). The number of aromatic nitrogens is 3. The molecule has 0 fully saturated rings. The number of carbonyl (C=O) groups excluding carboxylic acids is 1. The topological polar surface area (TPSA) is 71.3 Å². The molecule has 0 saturated carbocycles. The fourth-order valence-electron chi connectivity index (χ4n) is 3.39. The lowest BCUT2D eigenvalue weighted by molar-refractivity contribution is -0.116. The normalized spacial score (nSPS) is 11.3. The summed E-state index contributed by atoms with van der Waals surface area (Å²) in [6.45, 7) is 1.30. The Kier molecular flexibility index (Phi) is 8.21. The van der Waals surface area contributed by atoms with Gasteiger partial charge in [0.1, 0.15) is 5.82 Å². The van der Waals surface area contributed by atoms with Crippen molar-refractivity contribution in [3.8, 4) is 11.3 Å². The third-order valence-corrected chi connectivity index (χ3v) is 6.19. The number of fused-ring (bicyclic) bond motifs is 1. The molecule has 0 unspecified atom stereocenters. The first-order valence-electron chi connectivity index (χ1n) is 10.8. The number of anilines is 1. The van der Waals surface area contributed by atoms with Gasteiger partial charge in [0.15, 0.2) is 5.65 Å². The van der Waals surface area contributed by atoms with Gasteiger partial charge in [-0.15, -0.1) is 0 Å². The molecule has 34 heavy (non-hydrogen) atoms. The molecule has 0 bridgehead atoms. The van der Waals surface area contributed by atoms with Crippen LogP contribution in [0.25, 0.3) is 23.0 Å². The molecule has 0 saturated heterocycles. The van der Waals surface area contributed by atoms with Crippen LogP contribution in [0.5, 0.6) is 0 Å². The van der Waals surface area contributed by atoms with Gasteiger partial charge in [-0.25, -0.2) is 4.98 Å². The number of unbranched alkanes of at least 4 members (excludes halogenated alkanes) is 1. The molecule has 1 amide bonds. The van der Waals surface area contributed by atoms with Crippen LogP contribution < -0.4 is 10.6 Å². The van der Waals surface area contributed by atoms with E-state index in [4.69, 9.17) is 28.2 Å². The van der Waals surface area contributed by atoms with Crippen molar-refractivity contribution in [1.29, 1.82) is 0 Å². The van der Waals surface area contributed by atoms with Crippen molar-refractivity contribution in [2.24, 2.45) is 0 Å². The quantitative estimate of drug-likeness (QED) is 0.182. The number of halogens is 3. The predicted molar refractivity (Wildman–Crippen MR) is 142 cm³/mol. The maximum atomic E-state index is 12.0. The monoisotopic (exact) mass is 557 g/mol. The molecule has 0 spiro atoms. The van der Waals surface area contributed by atoms with Gasteiger partial charge >= 0.3 is 0 Å². The number of hydrogen-bond acceptors (Lipinski definition) is 4. The summed E-state index contributed by atoms with van der Waals surface area (Å²) in [5.41, 5.74) is 3.22. The first-order valence-corrected chi connectivity index (χ1v) is 12.3. The van der Waals surface area contributed by atoms with E-state index in [1.165, 1.54) is 6.08 Å². The zero-order chi connectivity index (χ0) is 23.9. The Morgan fingerprint density at radius 2 is 1.88 bits per heavy atom. The van der Waals surface area contributed by atoms with Crippen molar-refractivity contribution in [2.45, 2.75) is 12.8 Å². The third-order valence-electron chi connectivity index (χ3n) is 5.06. The molecule has 0 radical (unpaired) electrons. The Hall–Kier alpha value is -2.87. The largest absolute Gasteiger partial charge is 0.370 e. The molecule has 6 nitrogen and oxygen atoms in total. The summed E-state index contributed by atoms with van der Waals surface area (Å²) in [6, 6.07) is 16.9. The molecule has 9 heteroatoms. The smallest absolute Gasteiger partial charge is 0.243 e. The fourth-order valence-corrected chi connectivity index (χ4v) is 4.17. The fraction of sp³-hybridized carbons (Fsp3) is 0.160. The number of amides is 1. The summed E-state index contributed by atoms with van der Waals surface area (Å²) in [5.74, 6) is 0.689. The highest BCUT2D eigenvalue weighted by atomic mass is 79.9. The predicted octanol–water partition coefficient (Wildman–Crippen LogP) is 6.49. The zero-order valence-electron chi connectivity index (χ0n) is 18.1. The van der Waals surface area contributed by atoms with Crippen LogP contribution in [0.3, 0.4) is 0 Å². The number of nitrogens with zero attached hydrogens (tertiary/aromatic N) is 3. The van der Waals surface area contributed by atoms with E-state index in [1.807, 2.05) is 48.5 Å². The van der Waals surface area contributed by atoms with Crippen LogP contribution in [0.2, 0.25) is 10.0 Å². The van der Waals surface area contributed by atoms with Crippen molar-refractivity contribution in [2.75, 3.05) is 18.4 Å². The Morgan fingerprint density at radius 3 is 2.71 bits per heavy atom. The zero-order valence-corrected chi connectivity index (χ0v) is 21.2. The average Bonchev–Trinajstić information content (AvgIpc) is 3.21. The van der Waals surface area contributed by atoms with E-state index in [2.05, 4.69) is 31.7 Å². The van der Waals surface area contributed by atoms with Crippen molar-refractivity contribution in [3.63, 3.8) is 0 Å². The second-order valence-electron chi connectivity index (χ2n) is 7.55. The molecule has 0 atom stereocenters. The third kappa shape index (κ3) is 6.17. The number of hydrogen-bond donors (Lipinski definition) is 2. The maximum absolute atomic E-state index is 12.0. The van der Waals surface area contributed by atoms with Crippen LogP contribution in [0.4, 0.5) is 5.82 Å². The SMILES string of the molecule is O=C(C=Cc1cccc(Cl)c1)NCCCCNc1cc(-c2ccccc2Cl)nc2c(Br)cnn12. The Bertz CT molecular complexity index is 1340. The summed E-state index contributed by atoms with van der Waals surface area (Å²) in [5, 5.41) is 12.0. The number of carbonyl (C=O) groups is 1. The summed E-state index contributed by atoms with van der Waals surface area (Å²) >= 11 is 15.9. The summed E-state index contributed by atoms with van der Waals surface area (Å²) in [4.78, 5) is 16.7. The molecule has 174 valence electrons. The van der Waals surface area contributed by atoms with Crippen LogP contribution in [0, 0.1) is 0 Å². The van der Waals surface area contributed by atoms with Gasteiger partial charge in [0.05, 0.1) is 16.4 Å². The number of benzene rings is 2. The van der Waals surface area contributed by atoms with Crippen molar-refractivity contribution in [1.82, 2.24) is 19.9 Å². The van der Waals surface area contributed by atoms with Crippen LogP contribution in [0.1, 0.15) is 18.4 Å². The molecule has 2 aromatic carbocycles. The van der Waals surface area contributed by atoms with Gasteiger partial charge < -0.3 is 10.6 Å². The molecule has 2 N–H and O–H groups in total. The Morgan fingerprint density at radius 1 is 1.06 bits per heavy atom. The van der Waals surface area contributed by atoms with E-state index in [-0.39, 0.29) is 5.91 Å². The molecule has 0 aliphatic heterocycles. The molecule has 4 aromatic rings. The molecule has 0 aliphatic rings. The average molecular weight is 559 g/mol. The molecule has 0 aliphatic carbocycles. The van der Waals surface area contributed by atoms with E-state index < -0.39 is 0 Å². The van der Waals surface area contributed by atoms with Gasteiger partial charge in [-0.1, -0.05) is 53.5 Å². The van der Waals surface area contributed by atoms with E-state index in [0.717, 1.165) is 40.0 Å². The van der Waals surface area contributed by atoms with Gasteiger partial charge in [-0.05, 0) is 58.6 Å². The standard InChI is InChI=1S/C25H22BrCl2N5O/c26-20-16-31-33-23(15-22(32-25(20)33)19-8-1-2-9-21(19)28)29-12-3-4-13-30-24(34)11-10-17-6-5-7-18(27)14-17/h1-2,5-11,14-16,29H,3-4,12-13H2,(H,30,34). The second kappa shape index (κ2) is 11.5. The minimum absolute atomic E-state index is 0.130. The van der Waals surface area contributed by atoms with E-state index in [0.29, 0.717) is 28.8 Å². The Balaban J connectivity index is 1.31. The molecular formula is C25H22BrCl2N5O. The summed E-state index contributed by atoms with van der Waals surface area (Å²) in [6.07, 6.45) is 6.68. The summed E-state index contributed by atoms with van der Waals surface area (Å²) < 4.78 is 2.56. The van der Waals surface area contributed by atoms with Crippen LogP contribution in [0.15, 0.2) is 71.3 Å². The van der Waals surface area contributed by atoms with Crippen molar-refractivity contribution in [3.05, 3.63) is 87.0 Å². The highest BCUT2D eigenvalue weighted by Crippen LogP contribution is 2.30. The minimum Gasteiger partial charge on any atom is -0.370 e. The van der Waals surface area contributed by atoms with Gasteiger partial charge in [-0.3, -0.25) is 4.79 Å².